The minimum atomic E-state index is -2.22. The van der Waals surface area contributed by atoms with Crippen LogP contribution in [0.15, 0.2) is 24.3 Å². The minimum Gasteiger partial charge on any atom is -0.464 e. The van der Waals surface area contributed by atoms with E-state index >= 15 is 0 Å². The number of ether oxygens (including phenoxy) is 1. The number of rotatable bonds is 6. The van der Waals surface area contributed by atoms with Crippen molar-refractivity contribution in [1.82, 2.24) is 4.72 Å². The van der Waals surface area contributed by atoms with E-state index in [0.29, 0.717) is 0 Å². The number of halogens is 2. The molecule has 1 aromatic rings. The summed E-state index contributed by atoms with van der Waals surface area (Å²) in [6.07, 6.45) is -2.22. The van der Waals surface area contributed by atoms with Crippen LogP contribution in [0.4, 0.5) is 8.78 Å². The van der Waals surface area contributed by atoms with E-state index in [0.717, 1.165) is 6.07 Å². The molecular weight excluding hydrogens is 324 g/mol. The van der Waals surface area contributed by atoms with E-state index < -0.39 is 39.2 Å². The van der Waals surface area contributed by atoms with E-state index in [4.69, 9.17) is 4.74 Å². The van der Waals surface area contributed by atoms with Gasteiger partial charge in [-0.2, -0.15) is 0 Å². The van der Waals surface area contributed by atoms with Gasteiger partial charge in [0.2, 0.25) is 6.17 Å². The lowest BCUT2D eigenvalue weighted by Crippen LogP contribution is -2.54. The molecule has 1 N–H and O–H groups in total. The molecule has 0 amide bonds. The van der Waals surface area contributed by atoms with Gasteiger partial charge in [-0.05, 0) is 40.7 Å². The highest BCUT2D eigenvalue weighted by molar-refractivity contribution is 7.84. The van der Waals surface area contributed by atoms with Crippen LogP contribution in [-0.2, 0) is 26.1 Å². The molecule has 3 atom stereocenters. The summed E-state index contributed by atoms with van der Waals surface area (Å²) in [5.74, 6) is -1.82. The summed E-state index contributed by atoms with van der Waals surface area (Å²) in [7, 11) is -1.72. The van der Waals surface area contributed by atoms with E-state index in [9.17, 15) is 17.8 Å². The van der Waals surface area contributed by atoms with E-state index in [1.807, 2.05) is 0 Å². The second-order valence-electron chi connectivity index (χ2n) is 6.28. The molecule has 0 aliphatic rings. The lowest BCUT2D eigenvalue weighted by Gasteiger charge is -2.35. The number of carbonyl (C=O) groups excluding carboxylic acids is 1. The van der Waals surface area contributed by atoms with Crippen molar-refractivity contribution in [2.45, 2.75) is 51.1 Å². The Morgan fingerprint density at radius 2 is 1.87 bits per heavy atom. The number of carbonyl (C=O) groups is 1. The standard InChI is InChI=1S/C16H23F2NO3S/c1-6-22-14(20)13(18)16(5,19-23(21)15(2,3)4)11-9-7-8-10-12(11)17/h7-10,13,19H,6H2,1-5H3/t13-,16-,23+/m1/s1. The summed E-state index contributed by atoms with van der Waals surface area (Å²) in [5.41, 5.74) is -1.91. The zero-order valence-corrected chi connectivity index (χ0v) is 14.8. The monoisotopic (exact) mass is 347 g/mol. The quantitative estimate of drug-likeness (QED) is 0.805. The fraction of sp³-hybridized carbons (Fsp3) is 0.562. The van der Waals surface area contributed by atoms with Gasteiger partial charge in [0.25, 0.3) is 0 Å². The second kappa shape index (κ2) is 7.49. The van der Waals surface area contributed by atoms with E-state index in [-0.39, 0.29) is 12.2 Å². The highest BCUT2D eigenvalue weighted by Crippen LogP contribution is 2.31. The van der Waals surface area contributed by atoms with Crippen molar-refractivity contribution in [3.8, 4) is 0 Å². The number of hydrogen-bond donors (Lipinski definition) is 1. The Hall–Kier alpha value is -1.34. The van der Waals surface area contributed by atoms with Gasteiger partial charge in [0.15, 0.2) is 0 Å². The minimum absolute atomic E-state index is 0.00499. The summed E-state index contributed by atoms with van der Waals surface area (Å²) < 4.78 is 48.0. The molecule has 7 heteroatoms. The van der Waals surface area contributed by atoms with Crippen LogP contribution in [0.1, 0.15) is 40.2 Å². The third-order valence-electron chi connectivity index (χ3n) is 3.29. The van der Waals surface area contributed by atoms with Crippen LogP contribution in [-0.4, -0.2) is 27.7 Å². The number of esters is 1. The van der Waals surface area contributed by atoms with E-state index in [1.165, 1.54) is 25.1 Å². The van der Waals surface area contributed by atoms with E-state index in [1.54, 1.807) is 27.7 Å². The van der Waals surface area contributed by atoms with Gasteiger partial charge in [0.1, 0.15) is 5.82 Å². The van der Waals surface area contributed by atoms with Crippen molar-refractivity contribution in [3.05, 3.63) is 35.6 Å². The average molecular weight is 347 g/mol. The first kappa shape index (κ1) is 19.7. The lowest BCUT2D eigenvalue weighted by molar-refractivity contribution is -0.152. The van der Waals surface area contributed by atoms with Gasteiger partial charge in [-0.3, -0.25) is 0 Å². The first-order valence-corrected chi connectivity index (χ1v) is 8.44. The predicted octanol–water partition coefficient (Wildman–Crippen LogP) is 2.99. The van der Waals surface area contributed by atoms with Crippen molar-refractivity contribution < 1.29 is 22.5 Å². The fourth-order valence-corrected chi connectivity index (χ4v) is 2.83. The Kier molecular flexibility index (Phi) is 6.41. The first-order valence-electron chi connectivity index (χ1n) is 7.29. The third-order valence-corrected chi connectivity index (χ3v) is 5.02. The van der Waals surface area contributed by atoms with Crippen molar-refractivity contribution >= 4 is 17.0 Å². The Morgan fingerprint density at radius 1 is 1.30 bits per heavy atom. The molecule has 0 fully saturated rings. The van der Waals surface area contributed by atoms with Gasteiger partial charge in [-0.25, -0.2) is 22.5 Å². The maximum atomic E-state index is 14.8. The Morgan fingerprint density at radius 3 is 2.35 bits per heavy atom. The van der Waals surface area contributed by atoms with Crippen LogP contribution < -0.4 is 4.72 Å². The van der Waals surface area contributed by atoms with Gasteiger partial charge >= 0.3 is 5.97 Å². The molecule has 1 aromatic carbocycles. The van der Waals surface area contributed by atoms with Gasteiger partial charge in [0, 0.05) is 5.56 Å². The van der Waals surface area contributed by atoms with Crippen molar-refractivity contribution in [2.24, 2.45) is 0 Å². The number of alkyl halides is 1. The topological polar surface area (TPSA) is 55.4 Å². The van der Waals surface area contributed by atoms with Crippen molar-refractivity contribution in [1.29, 1.82) is 0 Å². The maximum absolute atomic E-state index is 14.8. The molecular formula is C16H23F2NO3S. The number of nitrogens with one attached hydrogen (secondary N) is 1. The van der Waals surface area contributed by atoms with Crippen LogP contribution in [0.2, 0.25) is 0 Å². The molecule has 130 valence electrons. The predicted molar refractivity (Wildman–Crippen MR) is 86.3 cm³/mol. The molecule has 0 aliphatic carbocycles. The zero-order chi connectivity index (χ0) is 17.8. The van der Waals surface area contributed by atoms with Gasteiger partial charge in [0.05, 0.1) is 27.9 Å². The average Bonchev–Trinajstić information content (AvgIpc) is 2.45. The number of hydrogen-bond acceptors (Lipinski definition) is 3. The Labute approximate surface area is 138 Å². The molecule has 1 rings (SSSR count). The first-order chi connectivity index (χ1) is 10.5. The molecule has 0 unspecified atom stereocenters. The molecule has 0 aliphatic heterocycles. The second-order valence-corrected chi connectivity index (χ2v) is 8.25. The van der Waals surface area contributed by atoms with Gasteiger partial charge in [-0.15, -0.1) is 0 Å². The van der Waals surface area contributed by atoms with Crippen LogP contribution in [0.25, 0.3) is 0 Å². The number of benzene rings is 1. The summed E-state index contributed by atoms with van der Waals surface area (Å²) in [6.45, 7) is 7.91. The lowest BCUT2D eigenvalue weighted by atomic mass is 9.88. The summed E-state index contributed by atoms with van der Waals surface area (Å²) in [4.78, 5) is 11.8. The van der Waals surface area contributed by atoms with Crippen LogP contribution >= 0.6 is 0 Å². The molecule has 4 nitrogen and oxygen atoms in total. The van der Waals surface area contributed by atoms with Gasteiger partial charge < -0.3 is 4.74 Å². The van der Waals surface area contributed by atoms with E-state index in [2.05, 4.69) is 4.72 Å². The molecule has 0 spiro atoms. The summed E-state index contributed by atoms with van der Waals surface area (Å²) in [6, 6.07) is 5.49. The molecule has 0 saturated carbocycles. The highest BCUT2D eigenvalue weighted by Gasteiger charge is 2.46. The SMILES string of the molecule is CCOC(=O)[C@@H](F)[C@](C)(N[S@@](=O)C(C)(C)C)c1ccccc1F. The van der Waals surface area contributed by atoms with Crippen LogP contribution in [0.5, 0.6) is 0 Å². The highest BCUT2D eigenvalue weighted by atomic mass is 32.2. The van der Waals surface area contributed by atoms with Crippen molar-refractivity contribution in [2.75, 3.05) is 6.61 Å². The molecule has 0 aromatic heterocycles. The van der Waals surface area contributed by atoms with Gasteiger partial charge in [-0.1, -0.05) is 18.2 Å². The smallest absolute Gasteiger partial charge is 0.343 e. The summed E-state index contributed by atoms with van der Waals surface area (Å²) >= 11 is 0. The maximum Gasteiger partial charge on any atom is 0.343 e. The Bertz CT molecular complexity index is 589. The molecule has 23 heavy (non-hydrogen) atoms. The molecule has 0 saturated heterocycles. The third kappa shape index (κ3) is 4.57. The largest absolute Gasteiger partial charge is 0.464 e. The van der Waals surface area contributed by atoms with Crippen molar-refractivity contribution in [3.63, 3.8) is 0 Å². The molecule has 0 radical (unpaired) electrons. The molecule has 0 bridgehead atoms. The zero-order valence-electron chi connectivity index (χ0n) is 14.0. The normalized spacial score (nSPS) is 17.2. The molecule has 0 heterocycles. The summed E-state index contributed by atoms with van der Waals surface area (Å²) in [5, 5.41) is 0. The van der Waals surface area contributed by atoms with Crippen LogP contribution in [0, 0.1) is 5.82 Å². The van der Waals surface area contributed by atoms with Crippen LogP contribution in [0.3, 0.4) is 0 Å². The Balaban J connectivity index is 3.33. The fourth-order valence-electron chi connectivity index (χ4n) is 1.92.